The summed E-state index contributed by atoms with van der Waals surface area (Å²) in [6.45, 7) is 8.72. The molecule has 0 aliphatic rings. The van der Waals surface area contributed by atoms with E-state index < -0.39 is 20.2 Å². The molecule has 0 amide bonds. The van der Waals surface area contributed by atoms with Crippen LogP contribution >= 0.6 is 0 Å². The van der Waals surface area contributed by atoms with E-state index in [-0.39, 0.29) is 47.5 Å². The second-order valence-electron chi connectivity index (χ2n) is 12.9. The number of hydrogen-bond acceptors (Lipinski definition) is 6. The van der Waals surface area contributed by atoms with E-state index >= 15 is 0 Å². The summed E-state index contributed by atoms with van der Waals surface area (Å²) >= 11 is 0. The maximum absolute atomic E-state index is 11.6. The van der Waals surface area contributed by atoms with Crippen molar-refractivity contribution in [3.05, 3.63) is 82.9 Å². The molecule has 0 radical (unpaired) electrons. The topological polar surface area (TPSA) is 114 Å². The molecule has 0 atom stereocenters. The van der Waals surface area contributed by atoms with Gasteiger partial charge in [-0.1, -0.05) is 115 Å². The minimum absolute atomic E-state index is 0. The summed E-state index contributed by atoms with van der Waals surface area (Å²) < 4.78 is 69.4. The van der Waals surface area contributed by atoms with Crippen LogP contribution in [0.15, 0.2) is 70.5 Å². The quantitative estimate of drug-likeness (QED) is 0.0571. The molecule has 0 aliphatic carbocycles. The van der Waals surface area contributed by atoms with E-state index in [9.17, 15) is 25.9 Å². The second kappa shape index (κ2) is 21.8. The molecule has 0 saturated carbocycles. The van der Waals surface area contributed by atoms with E-state index in [1.807, 2.05) is 24.3 Å². The molecular weight excluding hydrogens is 681 g/mol. The summed E-state index contributed by atoms with van der Waals surface area (Å²) in [6, 6.07) is 18.0. The predicted octanol–water partition coefficient (Wildman–Crippen LogP) is 10.0. The fourth-order valence-electron chi connectivity index (χ4n) is 6.41. The van der Waals surface area contributed by atoms with Gasteiger partial charge in [-0.2, -0.15) is 0 Å². The zero-order chi connectivity index (χ0) is 35.2. The molecule has 0 bridgehead atoms. The molecule has 0 N–H and O–H groups in total. The van der Waals surface area contributed by atoms with Gasteiger partial charge in [-0.15, -0.1) is 0 Å². The molecule has 0 fully saturated rings. The minimum Gasteiger partial charge on any atom is -0.744 e. The molecule has 264 valence electrons. The minimum atomic E-state index is -4.46. The first-order valence-electron chi connectivity index (χ1n) is 17.9. The van der Waals surface area contributed by atoms with Gasteiger partial charge in [0.1, 0.15) is 20.2 Å². The van der Waals surface area contributed by atoms with Crippen LogP contribution < -0.4 is 0 Å². The van der Waals surface area contributed by atoms with Crippen LogP contribution in [0.3, 0.4) is 0 Å². The molecule has 9 heteroatoms. The summed E-state index contributed by atoms with van der Waals surface area (Å²) in [7, 11) is -8.91. The Kier molecular flexibility index (Phi) is 19.4. The summed E-state index contributed by atoms with van der Waals surface area (Å²) in [5.74, 6) is 0. The molecule has 6 nitrogen and oxygen atoms in total. The molecular formula is C40H54CaO6S2. The van der Waals surface area contributed by atoms with Gasteiger partial charge >= 0.3 is 37.7 Å². The number of unbranched alkanes of at least 4 members (excludes halogenated alkanes) is 8. The van der Waals surface area contributed by atoms with Crippen molar-refractivity contribution >= 4 is 79.5 Å². The predicted molar refractivity (Wildman–Crippen MR) is 202 cm³/mol. The van der Waals surface area contributed by atoms with Crippen LogP contribution in [0.25, 0.3) is 21.5 Å². The molecule has 0 saturated heterocycles. The monoisotopic (exact) mass is 734 g/mol. The van der Waals surface area contributed by atoms with Gasteiger partial charge in [0.2, 0.25) is 0 Å². The van der Waals surface area contributed by atoms with Crippen LogP contribution in [0, 0.1) is 0 Å². The largest absolute Gasteiger partial charge is 2.00 e. The van der Waals surface area contributed by atoms with E-state index in [2.05, 4.69) is 39.8 Å². The van der Waals surface area contributed by atoms with Crippen molar-refractivity contribution < 1.29 is 25.9 Å². The Labute approximate surface area is 326 Å². The average Bonchev–Trinajstić information content (AvgIpc) is 3.04. The second-order valence-corrected chi connectivity index (χ2v) is 15.6. The average molecular weight is 735 g/mol. The number of rotatable bonds is 18. The molecule has 0 aromatic heterocycles. The molecule has 0 heterocycles. The first-order valence-corrected chi connectivity index (χ1v) is 20.8. The van der Waals surface area contributed by atoms with Gasteiger partial charge in [0.15, 0.2) is 0 Å². The first-order chi connectivity index (χ1) is 22.9. The molecule has 4 rings (SSSR count). The fourth-order valence-corrected chi connectivity index (χ4v) is 7.79. The Morgan fingerprint density at radius 3 is 1.00 bits per heavy atom. The third-order valence-electron chi connectivity index (χ3n) is 9.06. The van der Waals surface area contributed by atoms with Crippen molar-refractivity contribution in [2.45, 2.75) is 140 Å². The maximum atomic E-state index is 11.6. The van der Waals surface area contributed by atoms with Crippen molar-refractivity contribution in [3.63, 3.8) is 0 Å². The van der Waals surface area contributed by atoms with Crippen molar-refractivity contribution in [3.8, 4) is 0 Å². The van der Waals surface area contributed by atoms with Gasteiger partial charge in [0.25, 0.3) is 0 Å². The van der Waals surface area contributed by atoms with Gasteiger partial charge < -0.3 is 9.11 Å². The SMILES string of the molecule is CCCCCc1cc2cccc(S(=O)(=O)[O-])c2cc1CCCCC.CCCCCc1cc2cccc(S(=O)(=O)[O-])c2cc1CCCCC.[Ca+2]. The normalized spacial score (nSPS) is 11.7. The zero-order valence-corrected chi connectivity index (χ0v) is 33.9. The molecule has 4 aromatic carbocycles. The van der Waals surface area contributed by atoms with Gasteiger partial charge in [0.05, 0.1) is 9.79 Å². The van der Waals surface area contributed by atoms with Gasteiger partial charge in [0, 0.05) is 0 Å². The molecule has 49 heavy (non-hydrogen) atoms. The molecule has 0 spiro atoms. The summed E-state index contributed by atoms with van der Waals surface area (Å²) in [5, 5.41) is 2.83. The summed E-state index contributed by atoms with van der Waals surface area (Å²) in [4.78, 5) is -0.200. The van der Waals surface area contributed by atoms with E-state index in [1.54, 1.807) is 12.1 Å². The Morgan fingerprint density at radius 1 is 0.449 bits per heavy atom. The van der Waals surface area contributed by atoms with E-state index in [0.29, 0.717) is 10.8 Å². The summed E-state index contributed by atoms with van der Waals surface area (Å²) in [5.41, 5.74) is 4.99. The van der Waals surface area contributed by atoms with Crippen molar-refractivity contribution in [2.75, 3.05) is 0 Å². The Hall–Kier alpha value is -1.52. The van der Waals surface area contributed by atoms with Crippen LogP contribution in [0.1, 0.15) is 127 Å². The molecule has 0 unspecified atom stereocenters. The summed E-state index contributed by atoms with van der Waals surface area (Å²) in [6.07, 6.45) is 17.8. The number of fused-ring (bicyclic) bond motifs is 2. The third-order valence-corrected chi connectivity index (χ3v) is 10.8. The van der Waals surface area contributed by atoms with Gasteiger partial charge in [-0.3, -0.25) is 0 Å². The van der Waals surface area contributed by atoms with Gasteiger partial charge in [-0.05, 0) is 119 Å². The number of aryl methyl sites for hydroxylation is 4. The Bertz CT molecular complexity index is 1700. The van der Waals surface area contributed by atoms with Crippen LogP contribution in [0.2, 0.25) is 0 Å². The van der Waals surface area contributed by atoms with Crippen molar-refractivity contribution in [2.24, 2.45) is 0 Å². The first kappa shape index (κ1) is 43.6. The van der Waals surface area contributed by atoms with E-state index in [1.165, 1.54) is 60.1 Å². The Morgan fingerprint density at radius 2 is 0.735 bits per heavy atom. The molecule has 0 aliphatic heterocycles. The number of benzene rings is 4. The van der Waals surface area contributed by atoms with Crippen LogP contribution in [-0.4, -0.2) is 63.7 Å². The van der Waals surface area contributed by atoms with E-state index in [0.717, 1.165) is 87.8 Å². The smallest absolute Gasteiger partial charge is 0.744 e. The van der Waals surface area contributed by atoms with Crippen molar-refractivity contribution in [1.82, 2.24) is 0 Å². The van der Waals surface area contributed by atoms with Crippen LogP contribution in [0.4, 0.5) is 0 Å². The Balaban J connectivity index is 0.000000333. The standard InChI is InChI=1S/2C20H28O3S.Ca/c2*1-3-5-7-10-16-14-18-12-9-13-20(24(21,22)23)19(18)15-17(16)11-8-6-4-2;/h2*9,12-15H,3-8,10-11H2,1-2H3,(H,21,22,23);/q;;+2/p-2. The van der Waals surface area contributed by atoms with Crippen LogP contribution in [0.5, 0.6) is 0 Å². The molecule has 4 aromatic rings. The zero-order valence-electron chi connectivity index (χ0n) is 30.1. The van der Waals surface area contributed by atoms with Crippen LogP contribution in [-0.2, 0) is 45.9 Å². The van der Waals surface area contributed by atoms with Crippen molar-refractivity contribution in [1.29, 1.82) is 0 Å². The maximum Gasteiger partial charge on any atom is 2.00 e. The van der Waals surface area contributed by atoms with Gasteiger partial charge in [-0.25, -0.2) is 16.8 Å². The van der Waals surface area contributed by atoms with E-state index in [4.69, 9.17) is 0 Å². The number of hydrogen-bond donors (Lipinski definition) is 0. The fraction of sp³-hybridized carbons (Fsp3) is 0.500. The third kappa shape index (κ3) is 13.5.